The van der Waals surface area contributed by atoms with E-state index in [2.05, 4.69) is 151 Å². The van der Waals surface area contributed by atoms with Gasteiger partial charge in [0.1, 0.15) is 0 Å². The highest BCUT2D eigenvalue weighted by molar-refractivity contribution is 4.94. The molecular formula is C26H4. The normalized spacial score (nSPS) is 3.85. The van der Waals surface area contributed by atoms with Gasteiger partial charge < -0.3 is 0 Å². The average molecular weight is 316 g/mol. The lowest BCUT2D eigenvalue weighted by Crippen LogP contribution is -1.25. The van der Waals surface area contributed by atoms with Gasteiger partial charge in [-0.25, -0.2) is 0 Å². The van der Waals surface area contributed by atoms with E-state index in [1.807, 2.05) is 0 Å². The maximum absolute atomic E-state index is 3.30. The molecule has 0 nitrogen and oxygen atoms in total. The van der Waals surface area contributed by atoms with Crippen molar-refractivity contribution in [1.29, 1.82) is 0 Å². The van der Waals surface area contributed by atoms with Gasteiger partial charge in [0.25, 0.3) is 0 Å². The molecule has 0 heterocycles. The second-order valence-electron chi connectivity index (χ2n) is 3.10. The van der Waals surface area contributed by atoms with Gasteiger partial charge in [-0.05, 0) is 105 Å². The van der Waals surface area contributed by atoms with Crippen molar-refractivity contribution in [2.24, 2.45) is 0 Å². The summed E-state index contributed by atoms with van der Waals surface area (Å²) in [6, 6.07) is 0. The van der Waals surface area contributed by atoms with Gasteiger partial charge in [0.05, 0.1) is 0 Å². The third kappa shape index (κ3) is 18.5. The minimum absolute atomic E-state index is 2.37. The summed E-state index contributed by atoms with van der Waals surface area (Å²) in [5, 5.41) is 0. The first kappa shape index (κ1) is 20.5. The van der Waals surface area contributed by atoms with Gasteiger partial charge >= 0.3 is 0 Å². The Kier molecular flexibility index (Phi) is 15.3. The molecule has 108 valence electrons. The summed E-state index contributed by atoms with van der Waals surface area (Å²) < 4.78 is 0. The van der Waals surface area contributed by atoms with Crippen molar-refractivity contribution >= 4 is 0 Å². The molecule has 0 unspecified atom stereocenters. The van der Waals surface area contributed by atoms with Crippen LogP contribution >= 0.6 is 0 Å². The SMILES string of the molecule is C=C=C=C=C=C=C=C=C=C=C=C=C=C=C=C=C=C=C=C=C=C=C=C=C=C. The van der Waals surface area contributed by atoms with Crippen LogP contribution in [0.4, 0.5) is 0 Å². The van der Waals surface area contributed by atoms with Gasteiger partial charge in [-0.2, -0.15) is 0 Å². The van der Waals surface area contributed by atoms with Gasteiger partial charge in [-0.1, -0.05) is 11.5 Å². The fourth-order valence-corrected chi connectivity index (χ4v) is 0.713. The molecule has 0 atom stereocenters. The quantitative estimate of drug-likeness (QED) is 0.576. The van der Waals surface area contributed by atoms with E-state index in [-0.39, 0.29) is 0 Å². The van der Waals surface area contributed by atoms with Crippen molar-refractivity contribution < 1.29 is 0 Å². The zero-order chi connectivity index (χ0) is 19.0. The monoisotopic (exact) mass is 316 g/mol. The van der Waals surface area contributed by atoms with E-state index in [0.717, 1.165) is 0 Å². The first-order valence-corrected chi connectivity index (χ1v) is 6.46. The van der Waals surface area contributed by atoms with E-state index in [4.69, 9.17) is 0 Å². The summed E-state index contributed by atoms with van der Waals surface area (Å²) in [5.41, 5.74) is 59.4. The summed E-state index contributed by atoms with van der Waals surface area (Å²) in [6.45, 7) is 6.61. The Hall–Kier alpha value is -5.54. The van der Waals surface area contributed by atoms with Crippen LogP contribution in [0.2, 0.25) is 0 Å². The second-order valence-corrected chi connectivity index (χ2v) is 3.10. The molecule has 0 spiro atoms. The molecule has 0 fully saturated rings. The minimum Gasteiger partial charge on any atom is -0.0687 e. The van der Waals surface area contributed by atoms with Crippen molar-refractivity contribution in [3.8, 4) is 0 Å². The van der Waals surface area contributed by atoms with Crippen LogP contribution in [0.1, 0.15) is 0 Å². The number of rotatable bonds is 0. The fraction of sp³-hybridized carbons (Fsp3) is 0. The predicted molar refractivity (Wildman–Crippen MR) is 95.6 cm³/mol. The summed E-state index contributed by atoms with van der Waals surface area (Å²) in [4.78, 5) is 0. The van der Waals surface area contributed by atoms with Crippen molar-refractivity contribution in [2.45, 2.75) is 0 Å². The molecule has 26 heavy (non-hydrogen) atoms. The molecule has 0 aromatic rings. The topological polar surface area (TPSA) is 0 Å². The molecule has 0 heteroatoms. The maximum Gasteiger partial charge on any atom is 0 e. The van der Waals surface area contributed by atoms with E-state index < -0.39 is 0 Å². The molecule has 0 N–H and O–H groups in total. The molecule has 0 aliphatic carbocycles. The van der Waals surface area contributed by atoms with Gasteiger partial charge in [0, 0.05) is 34.4 Å². The van der Waals surface area contributed by atoms with Crippen LogP contribution in [-0.2, 0) is 0 Å². The first-order chi connectivity index (χ1) is 12.9. The van der Waals surface area contributed by atoms with E-state index in [9.17, 15) is 0 Å². The average Bonchev–Trinajstić information content (AvgIpc) is 2.66. The Morgan fingerprint density at radius 1 is 0.192 bits per heavy atom. The van der Waals surface area contributed by atoms with Gasteiger partial charge in [0.15, 0.2) is 0 Å². The standard InChI is InChI=1S/C26H4/c1-3-5-7-9-11-13-15-17-19-21-23-25-26-24-22-20-18-16-14-12-10-8-6-4-2/h1-2H2. The Morgan fingerprint density at radius 2 is 0.308 bits per heavy atom. The van der Waals surface area contributed by atoms with Crippen LogP contribution in [0.25, 0.3) is 0 Å². The lowest BCUT2D eigenvalue weighted by atomic mass is 10.6. The highest BCUT2D eigenvalue weighted by Gasteiger charge is 1.42. The lowest BCUT2D eigenvalue weighted by molar-refractivity contribution is 2.11. The molecule has 0 aliphatic heterocycles. The lowest BCUT2D eigenvalue weighted by Gasteiger charge is -1.40. The van der Waals surface area contributed by atoms with Crippen LogP contribution in [0.3, 0.4) is 0 Å². The van der Waals surface area contributed by atoms with Crippen LogP contribution in [0, 0.1) is 0 Å². The molecular weight excluding hydrogens is 312 g/mol. The van der Waals surface area contributed by atoms with Crippen LogP contribution in [0.5, 0.6) is 0 Å². The zero-order valence-electron chi connectivity index (χ0n) is 13.4. The van der Waals surface area contributed by atoms with Crippen LogP contribution in [-0.4, -0.2) is 0 Å². The summed E-state index contributed by atoms with van der Waals surface area (Å²) in [7, 11) is 0. The summed E-state index contributed by atoms with van der Waals surface area (Å²) in [6.07, 6.45) is 0. The molecule has 0 aromatic heterocycles. The van der Waals surface area contributed by atoms with Gasteiger partial charge in [0.2, 0.25) is 0 Å². The molecule has 0 aromatic carbocycles. The van der Waals surface area contributed by atoms with Crippen molar-refractivity contribution in [1.82, 2.24) is 0 Å². The predicted octanol–water partition coefficient (Wildman–Crippen LogP) is 4.52. The number of hydrogen-bond donors (Lipinski definition) is 0. The molecule has 0 rings (SSSR count). The van der Waals surface area contributed by atoms with Gasteiger partial charge in [-0.3, -0.25) is 0 Å². The molecule has 0 saturated carbocycles. The Morgan fingerprint density at radius 3 is 0.423 bits per heavy atom. The molecule has 0 saturated heterocycles. The molecule has 0 bridgehead atoms. The molecule has 0 radical (unpaired) electrons. The van der Waals surface area contributed by atoms with Crippen LogP contribution < -0.4 is 0 Å². The van der Waals surface area contributed by atoms with E-state index in [1.165, 1.54) is 0 Å². The minimum atomic E-state index is 2.37. The van der Waals surface area contributed by atoms with Crippen molar-refractivity contribution in [3.63, 3.8) is 0 Å². The molecule has 0 amide bonds. The van der Waals surface area contributed by atoms with Gasteiger partial charge in [-0.15, -0.1) is 0 Å². The molecule has 0 aliphatic rings. The van der Waals surface area contributed by atoms with E-state index in [0.29, 0.717) is 0 Å². The Labute approximate surface area is 151 Å². The summed E-state index contributed by atoms with van der Waals surface area (Å²) >= 11 is 0. The smallest absolute Gasteiger partial charge is 0 e. The fourth-order valence-electron chi connectivity index (χ4n) is 0.713. The summed E-state index contributed by atoms with van der Waals surface area (Å²) in [5.74, 6) is 0. The highest BCUT2D eigenvalue weighted by Crippen LogP contribution is 1.58. The van der Waals surface area contributed by atoms with Crippen molar-refractivity contribution in [3.05, 3.63) is 151 Å². The van der Waals surface area contributed by atoms with E-state index in [1.54, 1.807) is 0 Å². The van der Waals surface area contributed by atoms with Crippen molar-refractivity contribution in [2.75, 3.05) is 0 Å². The first-order valence-electron chi connectivity index (χ1n) is 6.46. The zero-order valence-corrected chi connectivity index (χ0v) is 13.4. The van der Waals surface area contributed by atoms with E-state index >= 15 is 0 Å². The third-order valence-corrected chi connectivity index (χ3v) is 1.49. The van der Waals surface area contributed by atoms with Crippen LogP contribution in [0.15, 0.2) is 151 Å². The Bertz CT molecular complexity index is 1360. The largest absolute Gasteiger partial charge is 0.0687 e. The Balaban J connectivity index is 5.89. The highest BCUT2D eigenvalue weighted by atomic mass is 13.4. The third-order valence-electron chi connectivity index (χ3n) is 1.49. The number of hydrogen-bond acceptors (Lipinski definition) is 0. The maximum atomic E-state index is 3.30. The second kappa shape index (κ2) is 19.5.